The lowest BCUT2D eigenvalue weighted by atomic mass is 10.0. The predicted octanol–water partition coefficient (Wildman–Crippen LogP) is 1.06. The number of hydrogen-bond acceptors (Lipinski definition) is 3. The standard InChI is InChI=1S/C9H11N3/c1-12-4-2-3-8(7-12)9(5-10)6-11/h2-4,7H2,1H3. The van der Waals surface area contributed by atoms with Crippen LogP contribution in [0.4, 0.5) is 0 Å². The van der Waals surface area contributed by atoms with Gasteiger partial charge in [0.15, 0.2) is 0 Å². The second-order valence-electron chi connectivity index (χ2n) is 3.04. The first-order valence-corrected chi connectivity index (χ1v) is 3.98. The van der Waals surface area contributed by atoms with Gasteiger partial charge in [-0.1, -0.05) is 0 Å². The van der Waals surface area contributed by atoms with Crippen LogP contribution >= 0.6 is 0 Å². The summed E-state index contributed by atoms with van der Waals surface area (Å²) < 4.78 is 0. The van der Waals surface area contributed by atoms with Crippen LogP contribution in [0.2, 0.25) is 0 Å². The predicted molar refractivity (Wildman–Crippen MR) is 45.0 cm³/mol. The van der Waals surface area contributed by atoms with E-state index < -0.39 is 0 Å². The van der Waals surface area contributed by atoms with E-state index in [1.165, 1.54) is 0 Å². The van der Waals surface area contributed by atoms with Gasteiger partial charge in [-0.2, -0.15) is 10.5 Å². The van der Waals surface area contributed by atoms with Gasteiger partial charge in [0.05, 0.1) is 0 Å². The third-order valence-corrected chi connectivity index (χ3v) is 2.06. The van der Waals surface area contributed by atoms with Crippen molar-refractivity contribution in [3.8, 4) is 12.1 Å². The fourth-order valence-electron chi connectivity index (χ4n) is 1.43. The molecular formula is C9H11N3. The van der Waals surface area contributed by atoms with Crippen LogP contribution in [0.1, 0.15) is 12.8 Å². The Morgan fingerprint density at radius 1 is 1.42 bits per heavy atom. The van der Waals surface area contributed by atoms with E-state index in [9.17, 15) is 0 Å². The molecule has 0 spiro atoms. The molecule has 3 nitrogen and oxygen atoms in total. The molecule has 0 saturated carbocycles. The molecule has 1 aliphatic heterocycles. The Balaban J connectivity index is 2.81. The lowest BCUT2D eigenvalue weighted by Crippen LogP contribution is -2.27. The Morgan fingerprint density at radius 2 is 2.08 bits per heavy atom. The lowest BCUT2D eigenvalue weighted by Gasteiger charge is -2.24. The number of allylic oxidation sites excluding steroid dienone is 1. The van der Waals surface area contributed by atoms with Gasteiger partial charge in [-0.25, -0.2) is 0 Å². The molecule has 0 N–H and O–H groups in total. The molecule has 0 aliphatic carbocycles. The van der Waals surface area contributed by atoms with Gasteiger partial charge < -0.3 is 4.90 Å². The molecule has 0 aromatic heterocycles. The quantitative estimate of drug-likeness (QED) is 0.499. The summed E-state index contributed by atoms with van der Waals surface area (Å²) in [6, 6.07) is 3.87. The van der Waals surface area contributed by atoms with Crippen molar-refractivity contribution < 1.29 is 0 Å². The van der Waals surface area contributed by atoms with Crippen LogP contribution in [0.3, 0.4) is 0 Å². The van der Waals surface area contributed by atoms with Gasteiger partial charge in [0, 0.05) is 6.54 Å². The number of nitriles is 2. The average Bonchev–Trinajstić information content (AvgIpc) is 2.07. The minimum absolute atomic E-state index is 0.307. The summed E-state index contributed by atoms with van der Waals surface area (Å²) in [5.41, 5.74) is 1.30. The molecule has 0 atom stereocenters. The minimum atomic E-state index is 0.307. The second kappa shape index (κ2) is 3.90. The highest BCUT2D eigenvalue weighted by atomic mass is 15.1. The molecule has 62 valence electrons. The Kier molecular flexibility index (Phi) is 2.85. The summed E-state index contributed by atoms with van der Waals surface area (Å²) in [6.07, 6.45) is 1.96. The fraction of sp³-hybridized carbons (Fsp3) is 0.556. The summed E-state index contributed by atoms with van der Waals surface area (Å²) in [5.74, 6) is 0. The first-order valence-electron chi connectivity index (χ1n) is 3.98. The molecule has 0 bridgehead atoms. The van der Waals surface area contributed by atoms with Gasteiger partial charge in [0.25, 0.3) is 0 Å². The average molecular weight is 161 g/mol. The van der Waals surface area contributed by atoms with Crippen molar-refractivity contribution in [1.29, 1.82) is 10.5 Å². The Morgan fingerprint density at radius 3 is 2.58 bits per heavy atom. The summed E-state index contributed by atoms with van der Waals surface area (Å²) in [4.78, 5) is 2.13. The zero-order valence-corrected chi connectivity index (χ0v) is 7.17. The maximum absolute atomic E-state index is 8.62. The third kappa shape index (κ3) is 1.84. The molecule has 0 radical (unpaired) electrons. The Labute approximate surface area is 72.5 Å². The van der Waals surface area contributed by atoms with Crippen molar-refractivity contribution in [3.63, 3.8) is 0 Å². The molecular weight excluding hydrogens is 150 g/mol. The molecule has 3 heteroatoms. The third-order valence-electron chi connectivity index (χ3n) is 2.06. The van der Waals surface area contributed by atoms with Crippen molar-refractivity contribution in [2.75, 3.05) is 20.1 Å². The normalized spacial score (nSPS) is 18.1. The van der Waals surface area contributed by atoms with Gasteiger partial charge >= 0.3 is 0 Å². The van der Waals surface area contributed by atoms with Gasteiger partial charge in [0.2, 0.25) is 0 Å². The number of nitrogens with zero attached hydrogens (tertiary/aromatic N) is 3. The highest BCUT2D eigenvalue weighted by molar-refractivity contribution is 5.41. The van der Waals surface area contributed by atoms with Gasteiger partial charge in [-0.3, -0.25) is 0 Å². The van der Waals surface area contributed by atoms with E-state index in [0.29, 0.717) is 5.57 Å². The number of piperidine rings is 1. The highest BCUT2D eigenvalue weighted by Crippen LogP contribution is 2.17. The van der Waals surface area contributed by atoms with Crippen LogP contribution in [0.25, 0.3) is 0 Å². The van der Waals surface area contributed by atoms with Gasteiger partial charge in [0.1, 0.15) is 17.7 Å². The van der Waals surface area contributed by atoms with Crippen LogP contribution in [-0.2, 0) is 0 Å². The maximum atomic E-state index is 8.62. The fourth-order valence-corrected chi connectivity index (χ4v) is 1.43. The second-order valence-corrected chi connectivity index (χ2v) is 3.04. The SMILES string of the molecule is CN1CCCC(=C(C#N)C#N)C1. The molecule has 0 aromatic rings. The largest absolute Gasteiger partial charge is 0.302 e. The monoisotopic (exact) mass is 161 g/mol. The van der Waals surface area contributed by atoms with E-state index in [-0.39, 0.29) is 0 Å². The lowest BCUT2D eigenvalue weighted by molar-refractivity contribution is 0.322. The number of rotatable bonds is 0. The van der Waals surface area contributed by atoms with E-state index in [1.807, 2.05) is 19.2 Å². The number of likely N-dealkylation sites (tertiary alicyclic amines) is 1. The van der Waals surface area contributed by atoms with E-state index in [1.54, 1.807) is 0 Å². The van der Waals surface area contributed by atoms with Crippen LogP contribution in [0, 0.1) is 22.7 Å². The zero-order chi connectivity index (χ0) is 8.97. The minimum Gasteiger partial charge on any atom is -0.302 e. The van der Waals surface area contributed by atoms with E-state index >= 15 is 0 Å². The Bertz CT molecular complexity index is 261. The molecule has 12 heavy (non-hydrogen) atoms. The van der Waals surface area contributed by atoms with Crippen LogP contribution in [0.15, 0.2) is 11.1 Å². The summed E-state index contributed by atoms with van der Waals surface area (Å²) >= 11 is 0. The van der Waals surface area contributed by atoms with E-state index in [0.717, 1.165) is 31.5 Å². The summed E-state index contributed by atoms with van der Waals surface area (Å²) in [7, 11) is 2.01. The Hall–Kier alpha value is -1.32. The molecule has 0 aromatic carbocycles. The van der Waals surface area contributed by atoms with Crippen molar-refractivity contribution >= 4 is 0 Å². The molecule has 1 saturated heterocycles. The molecule has 0 amide bonds. The number of hydrogen-bond donors (Lipinski definition) is 0. The maximum Gasteiger partial charge on any atom is 0.130 e. The van der Waals surface area contributed by atoms with E-state index in [2.05, 4.69) is 4.90 Å². The molecule has 1 fully saturated rings. The summed E-state index contributed by atoms with van der Waals surface area (Å²) in [5, 5.41) is 17.2. The molecule has 1 rings (SSSR count). The molecule has 0 unspecified atom stereocenters. The van der Waals surface area contributed by atoms with Crippen LogP contribution in [-0.4, -0.2) is 25.0 Å². The van der Waals surface area contributed by atoms with Gasteiger partial charge in [-0.05, 0) is 32.0 Å². The van der Waals surface area contributed by atoms with Crippen LogP contribution in [0.5, 0.6) is 0 Å². The van der Waals surface area contributed by atoms with Crippen LogP contribution < -0.4 is 0 Å². The zero-order valence-electron chi connectivity index (χ0n) is 7.17. The smallest absolute Gasteiger partial charge is 0.130 e. The molecule has 1 heterocycles. The summed E-state index contributed by atoms with van der Waals surface area (Å²) in [6.45, 7) is 1.84. The molecule has 1 aliphatic rings. The van der Waals surface area contributed by atoms with Gasteiger partial charge in [-0.15, -0.1) is 0 Å². The highest BCUT2D eigenvalue weighted by Gasteiger charge is 2.13. The first-order chi connectivity index (χ1) is 5.77. The van der Waals surface area contributed by atoms with Crippen molar-refractivity contribution in [2.45, 2.75) is 12.8 Å². The van der Waals surface area contributed by atoms with Crippen molar-refractivity contribution in [2.24, 2.45) is 0 Å². The first kappa shape index (κ1) is 8.77. The van der Waals surface area contributed by atoms with E-state index in [4.69, 9.17) is 10.5 Å². The van der Waals surface area contributed by atoms with Crippen molar-refractivity contribution in [1.82, 2.24) is 4.90 Å². The number of likely N-dealkylation sites (N-methyl/N-ethyl adjacent to an activating group) is 1. The topological polar surface area (TPSA) is 50.8 Å². The van der Waals surface area contributed by atoms with Crippen molar-refractivity contribution in [3.05, 3.63) is 11.1 Å².